The molecular formula is C20H21N3. The molecule has 0 unspecified atom stereocenters. The third-order valence-electron chi connectivity index (χ3n) is 5.13. The van der Waals surface area contributed by atoms with Crippen LogP contribution in [0.4, 0.5) is 0 Å². The van der Waals surface area contributed by atoms with Crippen LogP contribution in [0.15, 0.2) is 49.2 Å². The zero-order valence-electron chi connectivity index (χ0n) is 13.7. The maximum Gasteiger partial charge on any atom is 0.168 e. The second-order valence-corrected chi connectivity index (χ2v) is 6.72. The number of aromatic nitrogens is 3. The van der Waals surface area contributed by atoms with Crippen molar-refractivity contribution in [2.24, 2.45) is 0 Å². The highest BCUT2D eigenvalue weighted by Gasteiger charge is 2.44. The predicted molar refractivity (Wildman–Crippen MR) is 93.5 cm³/mol. The fourth-order valence-electron chi connectivity index (χ4n) is 3.62. The Bertz CT molecular complexity index is 883. The van der Waals surface area contributed by atoms with E-state index in [1.165, 1.54) is 17.5 Å². The number of hydrogen-bond donors (Lipinski definition) is 0. The Morgan fingerprint density at radius 2 is 1.87 bits per heavy atom. The van der Waals surface area contributed by atoms with Crippen LogP contribution in [0.5, 0.6) is 0 Å². The van der Waals surface area contributed by atoms with Gasteiger partial charge in [0.25, 0.3) is 0 Å². The topological polar surface area (TPSA) is 30.2 Å². The highest BCUT2D eigenvalue weighted by atomic mass is 15.3. The second-order valence-electron chi connectivity index (χ2n) is 6.72. The van der Waals surface area contributed by atoms with E-state index in [0.29, 0.717) is 0 Å². The molecule has 0 aliphatic heterocycles. The summed E-state index contributed by atoms with van der Waals surface area (Å²) in [6.07, 6.45) is 5.58. The Hall–Kier alpha value is -2.42. The Kier molecular flexibility index (Phi) is 3.12. The predicted octanol–water partition coefficient (Wildman–Crippen LogP) is 4.54. The summed E-state index contributed by atoms with van der Waals surface area (Å²) in [5.41, 5.74) is 5.65. The van der Waals surface area contributed by atoms with Gasteiger partial charge in [-0.2, -0.15) is 0 Å². The van der Waals surface area contributed by atoms with Crippen LogP contribution in [-0.2, 0) is 5.41 Å². The number of nitrogens with zero attached hydrogens (tertiary/aromatic N) is 3. The molecule has 3 nitrogen and oxygen atoms in total. The maximum absolute atomic E-state index is 4.60. The molecule has 23 heavy (non-hydrogen) atoms. The fourth-order valence-corrected chi connectivity index (χ4v) is 3.62. The van der Waals surface area contributed by atoms with E-state index in [2.05, 4.69) is 70.7 Å². The smallest absolute Gasteiger partial charge is 0.168 e. The monoisotopic (exact) mass is 303 g/mol. The van der Waals surface area contributed by atoms with Gasteiger partial charge in [-0.05, 0) is 50.0 Å². The van der Waals surface area contributed by atoms with Gasteiger partial charge in [0.05, 0.1) is 5.41 Å². The molecule has 0 radical (unpaired) electrons. The molecule has 0 N–H and O–H groups in total. The minimum atomic E-state index is 0.000808. The number of fused-ring (bicyclic) bond motifs is 1. The molecule has 116 valence electrons. The molecule has 1 saturated carbocycles. The zero-order valence-corrected chi connectivity index (χ0v) is 13.7. The van der Waals surface area contributed by atoms with Gasteiger partial charge in [-0.15, -0.1) is 10.2 Å². The Morgan fingerprint density at radius 3 is 2.48 bits per heavy atom. The summed E-state index contributed by atoms with van der Waals surface area (Å²) in [4.78, 5) is 0. The molecule has 2 heterocycles. The van der Waals surface area contributed by atoms with Crippen molar-refractivity contribution in [3.63, 3.8) is 0 Å². The maximum atomic E-state index is 4.60. The summed E-state index contributed by atoms with van der Waals surface area (Å²) < 4.78 is 2.16. The standard InChI is InChI=1S/C20H21N3/c1-14(2)17-6-4-13-23-18(17)21-22-19(23)20(11-5-12-20)16-9-7-15(3)8-10-16/h4,6-10,13H,1,5,11-12H2,2-3H3. The van der Waals surface area contributed by atoms with E-state index in [1.54, 1.807) is 0 Å². The minimum Gasteiger partial charge on any atom is -0.285 e. The number of rotatable bonds is 3. The Labute approximate surface area is 136 Å². The molecule has 0 bridgehead atoms. The largest absolute Gasteiger partial charge is 0.285 e. The van der Waals surface area contributed by atoms with Gasteiger partial charge >= 0.3 is 0 Å². The summed E-state index contributed by atoms with van der Waals surface area (Å²) in [6, 6.07) is 13.0. The molecule has 3 heteroatoms. The third-order valence-corrected chi connectivity index (χ3v) is 5.13. The molecule has 1 aliphatic carbocycles. The van der Waals surface area contributed by atoms with Crippen LogP contribution in [0.2, 0.25) is 0 Å². The summed E-state index contributed by atoms with van der Waals surface area (Å²) in [5, 5.41) is 9.09. The van der Waals surface area contributed by atoms with Gasteiger partial charge in [0.1, 0.15) is 5.82 Å². The van der Waals surface area contributed by atoms with Gasteiger partial charge in [-0.3, -0.25) is 4.40 Å². The normalized spacial score (nSPS) is 16.3. The number of hydrogen-bond acceptors (Lipinski definition) is 2. The first-order valence-electron chi connectivity index (χ1n) is 8.19. The van der Waals surface area contributed by atoms with E-state index in [0.717, 1.165) is 35.4 Å². The van der Waals surface area contributed by atoms with Crippen molar-refractivity contribution < 1.29 is 0 Å². The number of aryl methyl sites for hydroxylation is 1. The van der Waals surface area contributed by atoms with Crippen molar-refractivity contribution in [1.29, 1.82) is 0 Å². The third kappa shape index (κ3) is 2.03. The number of benzene rings is 1. The molecule has 2 aromatic heterocycles. The second kappa shape index (κ2) is 5.05. The fraction of sp³-hybridized carbons (Fsp3) is 0.300. The lowest BCUT2D eigenvalue weighted by Gasteiger charge is -2.41. The molecule has 1 aliphatic rings. The van der Waals surface area contributed by atoms with E-state index in [-0.39, 0.29) is 5.41 Å². The molecule has 4 rings (SSSR count). The summed E-state index contributed by atoms with van der Waals surface area (Å²) >= 11 is 0. The van der Waals surface area contributed by atoms with Crippen molar-refractivity contribution in [2.45, 2.75) is 38.5 Å². The lowest BCUT2D eigenvalue weighted by molar-refractivity contribution is 0.283. The van der Waals surface area contributed by atoms with E-state index in [9.17, 15) is 0 Å². The van der Waals surface area contributed by atoms with Crippen molar-refractivity contribution in [1.82, 2.24) is 14.6 Å². The summed E-state index contributed by atoms with van der Waals surface area (Å²) in [6.45, 7) is 8.21. The first kappa shape index (κ1) is 14.2. The van der Waals surface area contributed by atoms with Crippen LogP contribution in [0.25, 0.3) is 11.2 Å². The summed E-state index contributed by atoms with van der Waals surface area (Å²) in [5.74, 6) is 1.06. The molecular weight excluding hydrogens is 282 g/mol. The zero-order chi connectivity index (χ0) is 16.0. The van der Waals surface area contributed by atoms with E-state index < -0.39 is 0 Å². The van der Waals surface area contributed by atoms with Crippen LogP contribution in [-0.4, -0.2) is 14.6 Å². The van der Waals surface area contributed by atoms with Crippen LogP contribution >= 0.6 is 0 Å². The van der Waals surface area contributed by atoms with Gasteiger partial charge in [-0.1, -0.05) is 42.8 Å². The van der Waals surface area contributed by atoms with E-state index in [4.69, 9.17) is 0 Å². The van der Waals surface area contributed by atoms with Crippen LogP contribution < -0.4 is 0 Å². The lowest BCUT2D eigenvalue weighted by atomic mass is 9.63. The number of allylic oxidation sites excluding steroid dienone is 1. The van der Waals surface area contributed by atoms with Crippen LogP contribution in [0.3, 0.4) is 0 Å². The van der Waals surface area contributed by atoms with Gasteiger partial charge in [0, 0.05) is 11.8 Å². The SMILES string of the molecule is C=C(C)c1cccn2c(C3(c4ccc(C)cc4)CCC3)nnc12. The molecule has 1 fully saturated rings. The van der Waals surface area contributed by atoms with Crippen LogP contribution in [0, 0.1) is 6.92 Å². The quantitative estimate of drug-likeness (QED) is 0.711. The van der Waals surface area contributed by atoms with Gasteiger partial charge in [0.15, 0.2) is 5.65 Å². The van der Waals surface area contributed by atoms with Crippen molar-refractivity contribution in [3.8, 4) is 0 Å². The van der Waals surface area contributed by atoms with Crippen molar-refractivity contribution in [3.05, 3.63) is 71.7 Å². The first-order valence-corrected chi connectivity index (χ1v) is 8.19. The average Bonchev–Trinajstić information content (AvgIpc) is 2.92. The molecule has 0 amide bonds. The molecule has 0 atom stereocenters. The molecule has 0 saturated heterocycles. The Balaban J connectivity index is 1.92. The number of pyridine rings is 1. The summed E-state index contributed by atoms with van der Waals surface area (Å²) in [7, 11) is 0. The highest BCUT2D eigenvalue weighted by Crippen LogP contribution is 2.48. The van der Waals surface area contributed by atoms with E-state index >= 15 is 0 Å². The highest BCUT2D eigenvalue weighted by molar-refractivity contribution is 5.73. The van der Waals surface area contributed by atoms with Crippen LogP contribution in [0.1, 0.15) is 48.7 Å². The molecule has 3 aromatic rings. The Morgan fingerprint density at radius 1 is 1.13 bits per heavy atom. The van der Waals surface area contributed by atoms with Gasteiger partial charge in [0.2, 0.25) is 0 Å². The first-order chi connectivity index (χ1) is 11.1. The average molecular weight is 303 g/mol. The van der Waals surface area contributed by atoms with Crippen molar-refractivity contribution in [2.75, 3.05) is 0 Å². The van der Waals surface area contributed by atoms with Gasteiger partial charge in [-0.25, -0.2) is 0 Å². The lowest BCUT2D eigenvalue weighted by Crippen LogP contribution is -2.37. The van der Waals surface area contributed by atoms with Gasteiger partial charge < -0.3 is 0 Å². The molecule has 1 aromatic carbocycles. The molecule has 0 spiro atoms. The van der Waals surface area contributed by atoms with Crippen molar-refractivity contribution >= 4 is 11.2 Å². The minimum absolute atomic E-state index is 0.000808. The van der Waals surface area contributed by atoms with E-state index in [1.807, 2.05) is 6.92 Å².